The second-order valence-corrected chi connectivity index (χ2v) is 4.88. The van der Waals surface area contributed by atoms with E-state index in [9.17, 15) is 4.79 Å². The highest BCUT2D eigenvalue weighted by Gasteiger charge is 1.94. The third kappa shape index (κ3) is 15.2. The lowest BCUT2D eigenvalue weighted by molar-refractivity contribution is -0.141. The van der Waals surface area contributed by atoms with Crippen LogP contribution in [0.5, 0.6) is 0 Å². The first-order chi connectivity index (χ1) is 8.77. The third-order valence-corrected chi connectivity index (χ3v) is 3.06. The van der Waals surface area contributed by atoms with Gasteiger partial charge in [0.15, 0.2) is 0 Å². The predicted octanol–water partition coefficient (Wildman–Crippen LogP) is 5.03. The van der Waals surface area contributed by atoms with Crippen LogP contribution in [-0.4, -0.2) is 12.6 Å². The van der Waals surface area contributed by atoms with E-state index in [-0.39, 0.29) is 5.97 Å². The van der Waals surface area contributed by atoms with Crippen molar-refractivity contribution < 1.29 is 9.53 Å². The largest absolute Gasteiger partial charge is 0.466 e. The van der Waals surface area contributed by atoms with Crippen LogP contribution < -0.4 is 0 Å². The monoisotopic (exact) mass is 254 g/mol. The number of hydrogen-bond acceptors (Lipinski definition) is 2. The predicted molar refractivity (Wildman–Crippen MR) is 77.6 cm³/mol. The van der Waals surface area contributed by atoms with Gasteiger partial charge in [-0.3, -0.25) is 4.79 Å². The van der Waals surface area contributed by atoms with Crippen LogP contribution in [0, 0.1) is 0 Å². The normalized spacial score (nSPS) is 11.0. The number of hydrogen-bond donors (Lipinski definition) is 0. The molecule has 106 valence electrons. The zero-order chi connectivity index (χ0) is 13.5. The standard InChI is InChI=1S/C16H30O2/c1-3-4-5-6-7-8-9-10-11-12-13-14-15-18-16(2)17/h3-4H,5-15H2,1-2H3/b4-3-. The highest BCUT2D eigenvalue weighted by atomic mass is 16.5. The summed E-state index contributed by atoms with van der Waals surface area (Å²) in [5.74, 6) is -0.159. The molecule has 0 heterocycles. The highest BCUT2D eigenvalue weighted by Crippen LogP contribution is 2.10. The van der Waals surface area contributed by atoms with Gasteiger partial charge in [0.1, 0.15) is 0 Å². The van der Waals surface area contributed by atoms with E-state index in [0.717, 1.165) is 6.42 Å². The summed E-state index contributed by atoms with van der Waals surface area (Å²) in [7, 11) is 0. The molecule has 0 aliphatic carbocycles. The first-order valence-electron chi connectivity index (χ1n) is 7.52. The van der Waals surface area contributed by atoms with Crippen LogP contribution in [0.4, 0.5) is 0 Å². The molecule has 0 atom stereocenters. The van der Waals surface area contributed by atoms with E-state index in [1.165, 1.54) is 64.7 Å². The molecule has 0 bridgehead atoms. The number of esters is 1. The van der Waals surface area contributed by atoms with Gasteiger partial charge in [0.25, 0.3) is 0 Å². The van der Waals surface area contributed by atoms with E-state index in [4.69, 9.17) is 4.74 Å². The van der Waals surface area contributed by atoms with Gasteiger partial charge in [-0.1, -0.05) is 57.1 Å². The topological polar surface area (TPSA) is 26.3 Å². The maximum atomic E-state index is 10.5. The van der Waals surface area contributed by atoms with Crippen LogP contribution in [0.1, 0.15) is 78.1 Å². The summed E-state index contributed by atoms with van der Waals surface area (Å²) < 4.78 is 4.89. The Bertz CT molecular complexity index is 209. The van der Waals surface area contributed by atoms with Crippen molar-refractivity contribution in [2.24, 2.45) is 0 Å². The first kappa shape index (κ1) is 17.2. The number of carbonyl (C=O) groups excluding carboxylic acids is 1. The lowest BCUT2D eigenvalue weighted by atomic mass is 10.1. The number of rotatable bonds is 12. The minimum Gasteiger partial charge on any atom is -0.466 e. The van der Waals surface area contributed by atoms with Gasteiger partial charge in [0, 0.05) is 6.92 Å². The van der Waals surface area contributed by atoms with Crippen LogP contribution in [0.15, 0.2) is 12.2 Å². The van der Waals surface area contributed by atoms with Gasteiger partial charge in [-0.25, -0.2) is 0 Å². The molecule has 0 radical (unpaired) electrons. The van der Waals surface area contributed by atoms with Crippen molar-refractivity contribution in [3.8, 4) is 0 Å². The van der Waals surface area contributed by atoms with E-state index in [2.05, 4.69) is 19.1 Å². The lowest BCUT2D eigenvalue weighted by Gasteiger charge is -2.03. The highest BCUT2D eigenvalue weighted by molar-refractivity contribution is 5.65. The molecule has 0 saturated heterocycles. The Hall–Kier alpha value is -0.790. The van der Waals surface area contributed by atoms with Crippen LogP contribution >= 0.6 is 0 Å². The first-order valence-corrected chi connectivity index (χ1v) is 7.52. The fourth-order valence-electron chi connectivity index (χ4n) is 1.98. The summed E-state index contributed by atoms with van der Waals surface area (Å²) in [5, 5.41) is 0. The van der Waals surface area contributed by atoms with Crippen molar-refractivity contribution in [2.75, 3.05) is 6.61 Å². The minimum atomic E-state index is -0.159. The van der Waals surface area contributed by atoms with Gasteiger partial charge in [0.2, 0.25) is 0 Å². The van der Waals surface area contributed by atoms with E-state index < -0.39 is 0 Å². The SMILES string of the molecule is C/C=C\CCCCCCCCCCCOC(C)=O. The molecule has 0 aromatic carbocycles. The molecule has 0 aliphatic heterocycles. The summed E-state index contributed by atoms with van der Waals surface area (Å²) in [6, 6.07) is 0. The second-order valence-electron chi connectivity index (χ2n) is 4.88. The van der Waals surface area contributed by atoms with E-state index in [1.807, 2.05) is 0 Å². The number of carbonyl (C=O) groups is 1. The molecule has 0 unspecified atom stereocenters. The van der Waals surface area contributed by atoms with E-state index in [0.29, 0.717) is 6.61 Å². The Morgan fingerprint density at radius 2 is 1.39 bits per heavy atom. The van der Waals surface area contributed by atoms with Crippen molar-refractivity contribution in [1.29, 1.82) is 0 Å². The van der Waals surface area contributed by atoms with Gasteiger partial charge in [-0.2, -0.15) is 0 Å². The molecule has 2 nitrogen and oxygen atoms in total. The average Bonchev–Trinajstić information content (AvgIpc) is 2.34. The van der Waals surface area contributed by atoms with Crippen molar-refractivity contribution >= 4 is 5.97 Å². The Kier molecular flexibility index (Phi) is 13.6. The Labute approximate surface area is 113 Å². The van der Waals surface area contributed by atoms with Gasteiger partial charge in [-0.15, -0.1) is 0 Å². The summed E-state index contributed by atoms with van der Waals surface area (Å²) in [6.07, 6.45) is 17.3. The molecule has 0 spiro atoms. The molecule has 0 fully saturated rings. The molecule has 0 aliphatic rings. The molecule has 0 amide bonds. The van der Waals surface area contributed by atoms with Gasteiger partial charge in [0.05, 0.1) is 6.61 Å². The summed E-state index contributed by atoms with van der Waals surface area (Å²) >= 11 is 0. The fourth-order valence-corrected chi connectivity index (χ4v) is 1.98. The molecule has 18 heavy (non-hydrogen) atoms. The summed E-state index contributed by atoms with van der Waals surface area (Å²) in [6.45, 7) is 4.15. The maximum absolute atomic E-state index is 10.5. The molecule has 0 rings (SSSR count). The molecular formula is C16H30O2. The van der Waals surface area contributed by atoms with E-state index in [1.54, 1.807) is 0 Å². The average molecular weight is 254 g/mol. The number of unbranched alkanes of at least 4 members (excludes halogenated alkanes) is 9. The lowest BCUT2D eigenvalue weighted by Crippen LogP contribution is -2.00. The molecule has 0 N–H and O–H groups in total. The number of ether oxygens (including phenoxy) is 1. The molecule has 2 heteroatoms. The van der Waals surface area contributed by atoms with Crippen molar-refractivity contribution in [3.05, 3.63) is 12.2 Å². The van der Waals surface area contributed by atoms with Crippen LogP contribution in [0.25, 0.3) is 0 Å². The van der Waals surface area contributed by atoms with Gasteiger partial charge in [-0.05, 0) is 26.2 Å². The maximum Gasteiger partial charge on any atom is 0.302 e. The zero-order valence-electron chi connectivity index (χ0n) is 12.2. The van der Waals surface area contributed by atoms with Crippen LogP contribution in [-0.2, 0) is 9.53 Å². The molecule has 0 aromatic heterocycles. The van der Waals surface area contributed by atoms with E-state index >= 15 is 0 Å². The van der Waals surface area contributed by atoms with Crippen LogP contribution in [0.3, 0.4) is 0 Å². The van der Waals surface area contributed by atoms with Crippen molar-refractivity contribution in [2.45, 2.75) is 78.1 Å². The Balaban J connectivity index is 2.96. The van der Waals surface area contributed by atoms with Gasteiger partial charge >= 0.3 is 5.97 Å². The molecule has 0 saturated carbocycles. The second kappa shape index (κ2) is 14.3. The van der Waals surface area contributed by atoms with Crippen molar-refractivity contribution in [3.63, 3.8) is 0 Å². The molecular weight excluding hydrogens is 224 g/mol. The minimum absolute atomic E-state index is 0.159. The Morgan fingerprint density at radius 3 is 1.89 bits per heavy atom. The number of allylic oxidation sites excluding steroid dienone is 2. The zero-order valence-corrected chi connectivity index (χ0v) is 12.2. The summed E-state index contributed by atoms with van der Waals surface area (Å²) in [4.78, 5) is 10.5. The smallest absolute Gasteiger partial charge is 0.302 e. The fraction of sp³-hybridized carbons (Fsp3) is 0.812. The quantitative estimate of drug-likeness (QED) is 0.277. The summed E-state index contributed by atoms with van der Waals surface area (Å²) in [5.41, 5.74) is 0. The van der Waals surface area contributed by atoms with Gasteiger partial charge < -0.3 is 4.74 Å². The van der Waals surface area contributed by atoms with Crippen LogP contribution in [0.2, 0.25) is 0 Å². The van der Waals surface area contributed by atoms with Crippen molar-refractivity contribution in [1.82, 2.24) is 0 Å². The third-order valence-electron chi connectivity index (χ3n) is 3.06. The Morgan fingerprint density at radius 1 is 0.889 bits per heavy atom. The molecule has 0 aromatic rings.